The largest absolute Gasteiger partial charge is 0.467 e. The van der Waals surface area contributed by atoms with Crippen LogP contribution in [0.3, 0.4) is 0 Å². The summed E-state index contributed by atoms with van der Waals surface area (Å²) >= 11 is 6.02. The summed E-state index contributed by atoms with van der Waals surface area (Å²) in [6.07, 6.45) is -3.28. The predicted octanol–water partition coefficient (Wildman–Crippen LogP) is 4.77. The average Bonchev–Trinajstić information content (AvgIpc) is 3.92. The van der Waals surface area contributed by atoms with Crippen molar-refractivity contribution in [2.75, 3.05) is 42.8 Å². The first-order valence-corrected chi connectivity index (χ1v) is 16.6. The van der Waals surface area contributed by atoms with E-state index in [0.29, 0.717) is 29.2 Å². The molecule has 0 aliphatic heterocycles. The van der Waals surface area contributed by atoms with Crippen molar-refractivity contribution in [2.24, 2.45) is 0 Å². The van der Waals surface area contributed by atoms with Crippen LogP contribution in [-0.4, -0.2) is 77.5 Å². The molecule has 18 heteroatoms. The molecule has 53 heavy (non-hydrogen) atoms. The van der Waals surface area contributed by atoms with Crippen molar-refractivity contribution in [2.45, 2.75) is 37.0 Å². The molecule has 14 nitrogen and oxygen atoms in total. The Morgan fingerprint density at radius 3 is 2.21 bits per heavy atom. The molecule has 1 atom stereocenters. The summed E-state index contributed by atoms with van der Waals surface area (Å²) < 4.78 is 48.4. The lowest BCUT2D eigenvalue weighted by Gasteiger charge is -2.19. The third-order valence-electron chi connectivity index (χ3n) is 7.87. The highest BCUT2D eigenvalue weighted by atomic mass is 35.5. The van der Waals surface area contributed by atoms with Crippen LogP contribution in [0.1, 0.15) is 35.2 Å². The van der Waals surface area contributed by atoms with Gasteiger partial charge in [-0.3, -0.25) is 14.4 Å². The lowest BCUT2D eigenvalue weighted by molar-refractivity contribution is -0.154. The fourth-order valence-electron chi connectivity index (χ4n) is 4.99. The molecule has 0 saturated heterocycles. The van der Waals surface area contributed by atoms with E-state index in [1.807, 2.05) is 18.2 Å². The molecular weight excluding hydrogens is 721 g/mol. The van der Waals surface area contributed by atoms with E-state index in [2.05, 4.69) is 41.5 Å². The molecule has 1 aliphatic rings. The van der Waals surface area contributed by atoms with Gasteiger partial charge in [-0.25, -0.2) is 4.79 Å². The zero-order valence-electron chi connectivity index (χ0n) is 28.1. The third-order valence-corrected chi connectivity index (χ3v) is 8.12. The van der Waals surface area contributed by atoms with E-state index in [0.717, 1.165) is 12.7 Å². The lowest BCUT2D eigenvalue weighted by atomic mass is 10.1. The number of amides is 2. The van der Waals surface area contributed by atoms with Crippen molar-refractivity contribution in [3.63, 3.8) is 0 Å². The molecule has 278 valence electrons. The molecule has 4 aromatic rings. The van der Waals surface area contributed by atoms with Gasteiger partial charge < -0.3 is 36.1 Å². The van der Waals surface area contributed by atoms with Gasteiger partial charge in [0.2, 0.25) is 17.7 Å². The number of para-hydroxylation sites is 1. The number of nitrogens with one attached hydrogen (secondary N) is 5. The van der Waals surface area contributed by atoms with Crippen molar-refractivity contribution in [3.05, 3.63) is 95.0 Å². The number of aromatic nitrogens is 3. The van der Waals surface area contributed by atoms with Gasteiger partial charge in [-0.05, 0) is 73.4 Å². The summed E-state index contributed by atoms with van der Waals surface area (Å²) in [7, 11) is 1.14. The van der Waals surface area contributed by atoms with E-state index in [-0.39, 0.29) is 37.0 Å². The van der Waals surface area contributed by atoms with Crippen LogP contribution >= 0.6 is 11.6 Å². The average molecular weight is 755 g/mol. The zero-order valence-corrected chi connectivity index (χ0v) is 28.9. The summed E-state index contributed by atoms with van der Waals surface area (Å²) in [6, 6.07) is 20.1. The van der Waals surface area contributed by atoms with Crippen LogP contribution in [0, 0.1) is 0 Å². The Kier molecular flexibility index (Phi) is 12.3. The Labute approximate surface area is 306 Å². The number of ketones is 1. The standard InChI is InChI=1S/C35H34ClF3N8O6/c1-52-30(51)26(15-18-40-29(50)27(48)19-41-24-5-3-2-4-6-24)43-28(49)21-7-13-25(14-8-21)42-31-44-32(46-33(45-31)53-20-35(37,38)39)47-34(16-17-34)22-9-11-23(36)12-10-22/h2-14,26,41H,15-20H2,1H3,(H,40,50)(H,43,49)(H2,42,44,45,46,47)/t26-/m0/s1. The number of methoxy groups -OCH3 is 1. The number of rotatable bonds is 17. The zero-order chi connectivity index (χ0) is 38.0. The van der Waals surface area contributed by atoms with Crippen LogP contribution < -0.4 is 31.3 Å². The molecule has 0 spiro atoms. The highest BCUT2D eigenvalue weighted by Gasteiger charge is 2.45. The minimum atomic E-state index is -4.63. The predicted molar refractivity (Wildman–Crippen MR) is 188 cm³/mol. The molecule has 1 saturated carbocycles. The number of hydrogen-bond donors (Lipinski definition) is 5. The molecule has 5 N–H and O–H groups in total. The lowest BCUT2D eigenvalue weighted by Crippen LogP contribution is -2.44. The maximum Gasteiger partial charge on any atom is 0.422 e. The van der Waals surface area contributed by atoms with E-state index in [1.54, 1.807) is 36.4 Å². The first-order chi connectivity index (χ1) is 25.3. The summed E-state index contributed by atoms with van der Waals surface area (Å²) in [4.78, 5) is 62.2. The molecule has 1 heterocycles. The summed E-state index contributed by atoms with van der Waals surface area (Å²) in [5.74, 6) is -3.16. The van der Waals surface area contributed by atoms with Crippen LogP contribution in [-0.2, 0) is 24.7 Å². The number of anilines is 4. The van der Waals surface area contributed by atoms with Crippen LogP contribution in [0.25, 0.3) is 0 Å². The Balaban J connectivity index is 1.19. The van der Waals surface area contributed by atoms with Gasteiger partial charge >= 0.3 is 18.2 Å². The van der Waals surface area contributed by atoms with Gasteiger partial charge in [0.25, 0.3) is 11.8 Å². The van der Waals surface area contributed by atoms with Crippen molar-refractivity contribution in [1.29, 1.82) is 0 Å². The molecule has 3 aromatic carbocycles. The topological polar surface area (TPSA) is 186 Å². The van der Waals surface area contributed by atoms with Crippen molar-refractivity contribution >= 4 is 58.4 Å². The van der Waals surface area contributed by atoms with Gasteiger partial charge in [0.1, 0.15) is 6.04 Å². The van der Waals surface area contributed by atoms with Crippen molar-refractivity contribution in [3.8, 4) is 6.01 Å². The highest BCUT2D eigenvalue weighted by molar-refractivity contribution is 6.37. The SMILES string of the molecule is COC(=O)[C@H](CCNC(=O)C(=O)CNc1ccccc1)NC(=O)c1ccc(Nc2nc(NC3(c4ccc(Cl)cc4)CC3)nc(OCC(F)(F)F)n2)cc1. The first-order valence-electron chi connectivity index (χ1n) is 16.2. The number of carbonyl (C=O) groups excluding carboxylic acids is 4. The number of hydrogen-bond acceptors (Lipinski definition) is 12. The maximum atomic E-state index is 13.0. The second kappa shape index (κ2) is 17.0. The van der Waals surface area contributed by atoms with E-state index in [4.69, 9.17) is 21.1 Å². The van der Waals surface area contributed by atoms with Crippen LogP contribution in [0.5, 0.6) is 6.01 Å². The molecule has 0 radical (unpaired) electrons. The number of ether oxygens (including phenoxy) is 2. The quantitative estimate of drug-likeness (QED) is 0.0736. The Morgan fingerprint density at radius 1 is 0.887 bits per heavy atom. The molecular formula is C35H34ClF3N8O6. The maximum absolute atomic E-state index is 13.0. The molecule has 0 unspecified atom stereocenters. The normalized spacial score (nSPS) is 13.5. The van der Waals surface area contributed by atoms with Crippen LogP contribution in [0.2, 0.25) is 5.02 Å². The number of alkyl halides is 3. The van der Waals surface area contributed by atoms with Crippen LogP contribution in [0.15, 0.2) is 78.9 Å². The van der Waals surface area contributed by atoms with Gasteiger partial charge in [0.15, 0.2) is 6.61 Å². The van der Waals surface area contributed by atoms with Crippen LogP contribution in [0.4, 0.5) is 36.4 Å². The smallest absolute Gasteiger partial charge is 0.422 e. The number of carbonyl (C=O) groups is 4. The van der Waals surface area contributed by atoms with E-state index >= 15 is 0 Å². The van der Waals surface area contributed by atoms with Gasteiger partial charge in [-0.1, -0.05) is 41.9 Å². The first kappa shape index (κ1) is 38.3. The van der Waals surface area contributed by atoms with Gasteiger partial charge in [-0.15, -0.1) is 0 Å². The second-order valence-electron chi connectivity index (χ2n) is 11.8. The van der Waals surface area contributed by atoms with Gasteiger partial charge in [-0.2, -0.15) is 28.1 Å². The van der Waals surface area contributed by atoms with E-state index in [9.17, 15) is 32.3 Å². The van der Waals surface area contributed by atoms with E-state index < -0.39 is 53.9 Å². The molecule has 1 aliphatic carbocycles. The summed E-state index contributed by atoms with van der Waals surface area (Å²) in [5.41, 5.74) is 1.51. The fraction of sp³-hybridized carbons (Fsp3) is 0.286. The van der Waals surface area contributed by atoms with Gasteiger partial charge in [0.05, 0.1) is 19.2 Å². The Bertz CT molecular complexity index is 1910. The van der Waals surface area contributed by atoms with E-state index in [1.165, 1.54) is 24.3 Å². The second-order valence-corrected chi connectivity index (χ2v) is 12.3. The number of esters is 1. The monoisotopic (exact) mass is 754 g/mol. The van der Waals surface area contributed by atoms with Gasteiger partial charge in [0, 0.05) is 28.5 Å². The number of benzene rings is 3. The van der Waals surface area contributed by atoms with Crippen molar-refractivity contribution in [1.82, 2.24) is 25.6 Å². The summed E-state index contributed by atoms with van der Waals surface area (Å²) in [5, 5.41) is 14.4. The summed E-state index contributed by atoms with van der Waals surface area (Å²) in [6.45, 7) is -1.97. The fourth-order valence-corrected chi connectivity index (χ4v) is 5.11. The molecule has 2 amide bonds. The molecule has 5 rings (SSSR count). The highest BCUT2D eigenvalue weighted by Crippen LogP contribution is 2.48. The molecule has 1 aromatic heterocycles. The third kappa shape index (κ3) is 11.3. The minimum Gasteiger partial charge on any atom is -0.467 e. The Morgan fingerprint density at radius 2 is 1.57 bits per heavy atom. The molecule has 1 fully saturated rings. The minimum absolute atomic E-state index is 0.0265. The Hall–Kier alpha value is -5.97. The number of nitrogens with zero attached hydrogens (tertiary/aromatic N) is 3. The van der Waals surface area contributed by atoms with Crippen molar-refractivity contribution < 1.29 is 41.8 Å². The molecule has 0 bridgehead atoms. The number of halogens is 4. The number of Topliss-reactive ketones (excluding diaryl/α,β-unsaturated/α-hetero) is 1.